The Morgan fingerprint density at radius 1 is 1.07 bits per heavy atom. The number of alkyl halides is 3. The molecule has 0 radical (unpaired) electrons. The number of carboxylic acids is 1. The molecule has 2 N–H and O–H groups in total. The highest BCUT2D eigenvalue weighted by Crippen LogP contribution is 2.34. The molecule has 0 bridgehead atoms. The van der Waals surface area contributed by atoms with Gasteiger partial charge in [0, 0.05) is 23.3 Å². The highest BCUT2D eigenvalue weighted by Gasteiger charge is 2.38. The number of aromatic nitrogens is 2. The van der Waals surface area contributed by atoms with Gasteiger partial charge in [-0.05, 0) is 24.3 Å². The molecule has 1 amide bonds. The van der Waals surface area contributed by atoms with Crippen LogP contribution in [0.25, 0.3) is 11.3 Å². The Labute approximate surface area is 170 Å². The molecule has 2 aromatic heterocycles. The normalized spacial score (nSPS) is 12.6. The number of aliphatic carboxylic acids is 1. The van der Waals surface area contributed by atoms with Gasteiger partial charge in [-0.2, -0.15) is 13.2 Å². The lowest BCUT2D eigenvalue weighted by Crippen LogP contribution is -2.34. The van der Waals surface area contributed by atoms with E-state index >= 15 is 0 Å². The van der Waals surface area contributed by atoms with Crippen LogP contribution in [0.3, 0.4) is 0 Å². The van der Waals surface area contributed by atoms with Crippen molar-refractivity contribution < 1.29 is 37.3 Å². The predicted octanol–water partition coefficient (Wildman–Crippen LogP) is 3.57. The molecule has 0 atom stereocenters. The van der Waals surface area contributed by atoms with Crippen LogP contribution in [0.15, 0.2) is 54.2 Å². The molecule has 0 saturated heterocycles. The number of benzene rings is 1. The number of nitrogens with one attached hydrogen (secondary N) is 1. The van der Waals surface area contributed by atoms with E-state index in [-0.39, 0.29) is 0 Å². The van der Waals surface area contributed by atoms with Gasteiger partial charge in [-0.3, -0.25) is 15.1 Å². The number of thiazole rings is 1. The first-order chi connectivity index (χ1) is 14.2. The van der Waals surface area contributed by atoms with Crippen LogP contribution in [0.4, 0.5) is 18.3 Å². The first kappa shape index (κ1) is 21.0. The number of nitrogens with zero attached hydrogens (tertiary/aromatic N) is 2. The third-order valence-electron chi connectivity index (χ3n) is 3.48. The van der Waals surface area contributed by atoms with Gasteiger partial charge in [-0.25, -0.2) is 9.78 Å². The second-order valence-electron chi connectivity index (χ2n) is 5.58. The van der Waals surface area contributed by atoms with Gasteiger partial charge in [-0.15, -0.1) is 11.3 Å². The maximum atomic E-state index is 12.2. The van der Waals surface area contributed by atoms with Crippen molar-refractivity contribution in [2.45, 2.75) is 12.5 Å². The third-order valence-corrected chi connectivity index (χ3v) is 4.24. The number of pyridine rings is 1. The Morgan fingerprint density at radius 3 is 2.17 bits per heavy atom. The molecule has 0 spiro atoms. The molecule has 30 heavy (non-hydrogen) atoms. The monoisotopic (exact) mass is 439 g/mol. The molecular formula is C18H12F3N3O5S. The summed E-state index contributed by atoms with van der Waals surface area (Å²) in [6.45, 7) is 0. The lowest BCUT2D eigenvalue weighted by atomic mass is 10.2. The highest BCUT2D eigenvalue weighted by atomic mass is 32.1. The molecule has 12 heteroatoms. The Morgan fingerprint density at radius 2 is 1.63 bits per heavy atom. The molecule has 0 fully saturated rings. The van der Waals surface area contributed by atoms with Crippen LogP contribution in [0.2, 0.25) is 0 Å². The van der Waals surface area contributed by atoms with Gasteiger partial charge in [0.2, 0.25) is 0 Å². The van der Waals surface area contributed by atoms with Crippen LogP contribution in [-0.2, 0) is 9.59 Å². The molecule has 3 heterocycles. The quantitative estimate of drug-likeness (QED) is 0.642. The van der Waals surface area contributed by atoms with E-state index in [1.165, 1.54) is 11.3 Å². The number of para-hydroxylation sites is 2. The molecular weight excluding hydrogens is 427 g/mol. The molecule has 0 aliphatic carbocycles. The van der Waals surface area contributed by atoms with Gasteiger partial charge in [0.25, 0.3) is 0 Å². The lowest BCUT2D eigenvalue weighted by Gasteiger charge is -2.08. The number of carbonyl (C=O) groups is 2. The minimum absolute atomic E-state index is 0.392. The molecule has 1 aliphatic heterocycles. The average molecular weight is 439 g/mol. The second kappa shape index (κ2) is 8.78. The number of fused-ring (bicyclic) bond motifs is 1. The van der Waals surface area contributed by atoms with Crippen LogP contribution in [0, 0.1) is 0 Å². The fraction of sp³-hybridized carbons (Fsp3) is 0.111. The molecule has 1 aromatic carbocycles. The van der Waals surface area contributed by atoms with Crippen molar-refractivity contribution in [3.05, 3.63) is 54.2 Å². The standard InChI is InChI=1S/C16H11N3O3S.C2HF3O2/c20-14(15-21-12-3-1-2-4-13(12)22-15)19-16-18-11(9-23-16)10-5-7-17-8-6-10;3-2(4,5)1(6)7/h1-9,15H,(H,18,19,20);(H,6,7). The number of anilines is 1. The fourth-order valence-corrected chi connectivity index (χ4v) is 2.88. The molecule has 1 aliphatic rings. The van der Waals surface area contributed by atoms with E-state index in [9.17, 15) is 18.0 Å². The summed E-state index contributed by atoms with van der Waals surface area (Å²) in [5.74, 6) is -2.03. The molecule has 3 aromatic rings. The van der Waals surface area contributed by atoms with Crippen molar-refractivity contribution in [3.63, 3.8) is 0 Å². The van der Waals surface area contributed by atoms with E-state index in [2.05, 4.69) is 15.3 Å². The summed E-state index contributed by atoms with van der Waals surface area (Å²) < 4.78 is 42.7. The number of hydrogen-bond acceptors (Lipinski definition) is 7. The molecule has 0 saturated carbocycles. The third kappa shape index (κ3) is 5.23. The van der Waals surface area contributed by atoms with E-state index < -0.39 is 24.3 Å². The van der Waals surface area contributed by atoms with E-state index in [4.69, 9.17) is 19.4 Å². The number of carboxylic acid groups (broad SMARTS) is 1. The zero-order valence-corrected chi connectivity index (χ0v) is 15.6. The van der Waals surface area contributed by atoms with E-state index in [1.807, 2.05) is 29.6 Å². The zero-order chi connectivity index (χ0) is 21.7. The van der Waals surface area contributed by atoms with E-state index in [1.54, 1.807) is 24.5 Å². The number of ether oxygens (including phenoxy) is 2. The number of hydrogen-bond donors (Lipinski definition) is 2. The summed E-state index contributed by atoms with van der Waals surface area (Å²) in [6.07, 6.45) is -2.69. The Balaban J connectivity index is 0.000000318. The molecule has 0 unspecified atom stereocenters. The van der Waals surface area contributed by atoms with Gasteiger partial charge in [0.15, 0.2) is 16.6 Å². The maximum absolute atomic E-state index is 12.2. The predicted molar refractivity (Wildman–Crippen MR) is 99.2 cm³/mol. The van der Waals surface area contributed by atoms with Gasteiger partial charge >= 0.3 is 24.3 Å². The summed E-state index contributed by atoms with van der Waals surface area (Å²) in [5, 5.41) is 12.2. The van der Waals surface area contributed by atoms with Crippen LogP contribution in [0.1, 0.15) is 0 Å². The minimum atomic E-state index is -5.08. The summed E-state index contributed by atoms with van der Waals surface area (Å²) in [6, 6.07) is 10.9. The number of halogens is 3. The van der Waals surface area contributed by atoms with Crippen molar-refractivity contribution in [1.29, 1.82) is 0 Å². The van der Waals surface area contributed by atoms with Gasteiger partial charge in [-0.1, -0.05) is 12.1 Å². The van der Waals surface area contributed by atoms with E-state index in [0.29, 0.717) is 16.6 Å². The lowest BCUT2D eigenvalue weighted by molar-refractivity contribution is -0.192. The smallest absolute Gasteiger partial charge is 0.475 e. The maximum Gasteiger partial charge on any atom is 0.490 e. The molecule has 4 rings (SSSR count). The number of amides is 1. The van der Waals surface area contributed by atoms with Gasteiger partial charge in [0.1, 0.15) is 0 Å². The largest absolute Gasteiger partial charge is 0.490 e. The van der Waals surface area contributed by atoms with Crippen molar-refractivity contribution in [3.8, 4) is 22.8 Å². The summed E-state index contributed by atoms with van der Waals surface area (Å²) in [7, 11) is 0. The second-order valence-corrected chi connectivity index (χ2v) is 6.44. The minimum Gasteiger partial charge on any atom is -0.475 e. The highest BCUT2D eigenvalue weighted by molar-refractivity contribution is 7.14. The first-order valence-corrected chi connectivity index (χ1v) is 9.01. The number of rotatable bonds is 3. The van der Waals surface area contributed by atoms with Crippen LogP contribution < -0.4 is 14.8 Å². The molecule has 8 nitrogen and oxygen atoms in total. The Bertz CT molecular complexity index is 1020. The zero-order valence-electron chi connectivity index (χ0n) is 14.8. The Kier molecular flexibility index (Phi) is 6.16. The first-order valence-electron chi connectivity index (χ1n) is 8.13. The van der Waals surface area contributed by atoms with Crippen molar-refractivity contribution in [1.82, 2.24) is 9.97 Å². The van der Waals surface area contributed by atoms with Crippen LogP contribution in [0.5, 0.6) is 11.5 Å². The van der Waals surface area contributed by atoms with Crippen LogP contribution in [-0.4, -0.2) is 39.4 Å². The van der Waals surface area contributed by atoms with Crippen molar-refractivity contribution in [2.24, 2.45) is 0 Å². The summed E-state index contributed by atoms with van der Waals surface area (Å²) in [5.41, 5.74) is 1.72. The number of carbonyl (C=O) groups excluding carboxylic acids is 1. The van der Waals surface area contributed by atoms with E-state index in [0.717, 1.165) is 11.3 Å². The fourth-order valence-electron chi connectivity index (χ4n) is 2.16. The Hall–Kier alpha value is -3.67. The van der Waals surface area contributed by atoms with Gasteiger partial charge < -0.3 is 14.6 Å². The average Bonchev–Trinajstić information content (AvgIpc) is 3.35. The summed E-state index contributed by atoms with van der Waals surface area (Å²) in [4.78, 5) is 29.5. The van der Waals surface area contributed by atoms with Gasteiger partial charge in [0.05, 0.1) is 5.69 Å². The SMILES string of the molecule is O=C(Nc1nc(-c2ccncc2)cs1)C1Oc2ccccc2O1.O=C(O)C(F)(F)F. The topological polar surface area (TPSA) is 111 Å². The summed E-state index contributed by atoms with van der Waals surface area (Å²) >= 11 is 1.34. The molecule has 156 valence electrons. The van der Waals surface area contributed by atoms with Crippen LogP contribution >= 0.6 is 11.3 Å². The van der Waals surface area contributed by atoms with Crippen molar-refractivity contribution >= 4 is 28.3 Å². The van der Waals surface area contributed by atoms with Crippen molar-refractivity contribution in [2.75, 3.05) is 5.32 Å².